The zero-order valence-corrected chi connectivity index (χ0v) is 16.3. The maximum Gasteiger partial charge on any atom is 0.419 e. The minimum atomic E-state index is -0.540. The minimum absolute atomic E-state index is 0.152. The molecule has 0 spiro atoms. The van der Waals surface area contributed by atoms with E-state index in [2.05, 4.69) is 5.16 Å². The highest BCUT2D eigenvalue weighted by Gasteiger charge is 2.14. The van der Waals surface area contributed by atoms with Gasteiger partial charge >= 0.3 is 11.7 Å². The molecule has 0 bridgehead atoms. The second-order valence-corrected chi connectivity index (χ2v) is 6.58. The molecule has 30 heavy (non-hydrogen) atoms. The largest absolute Gasteiger partial charge is 0.463 e. The van der Waals surface area contributed by atoms with E-state index < -0.39 is 11.7 Å². The zero-order valence-electron chi connectivity index (χ0n) is 16.3. The summed E-state index contributed by atoms with van der Waals surface area (Å²) in [5, 5.41) is 3.94. The van der Waals surface area contributed by atoms with Gasteiger partial charge in [-0.2, -0.15) is 0 Å². The SMILES string of the molecule is C/C(=N/OCC(=O)OCCCn1c(=O)oc2ccccc21)c1ccc2c(c1)OCO2. The van der Waals surface area contributed by atoms with Crippen molar-refractivity contribution >= 4 is 22.8 Å². The van der Waals surface area contributed by atoms with Crippen molar-refractivity contribution in [3.8, 4) is 11.5 Å². The van der Waals surface area contributed by atoms with Crippen LogP contribution >= 0.6 is 0 Å². The van der Waals surface area contributed by atoms with E-state index in [0.717, 1.165) is 5.56 Å². The number of ether oxygens (including phenoxy) is 3. The first-order chi connectivity index (χ1) is 14.6. The van der Waals surface area contributed by atoms with E-state index in [1.807, 2.05) is 12.1 Å². The standard InChI is InChI=1S/C21H20N2O7/c1-14(15-7-8-18-19(11-15)28-13-27-18)22-29-12-20(24)26-10-4-9-23-16-5-2-3-6-17(16)30-21(23)25/h2-3,5-8,11H,4,9-10,12-13H2,1H3/b22-14-. The number of fused-ring (bicyclic) bond motifs is 2. The van der Waals surface area contributed by atoms with Gasteiger partial charge in [-0.15, -0.1) is 0 Å². The highest BCUT2D eigenvalue weighted by molar-refractivity contribution is 5.99. The van der Waals surface area contributed by atoms with E-state index >= 15 is 0 Å². The lowest BCUT2D eigenvalue weighted by molar-refractivity contribution is -0.149. The lowest BCUT2D eigenvalue weighted by atomic mass is 10.1. The van der Waals surface area contributed by atoms with Crippen molar-refractivity contribution in [1.29, 1.82) is 0 Å². The number of carbonyl (C=O) groups excluding carboxylic acids is 1. The Morgan fingerprint density at radius 1 is 1.17 bits per heavy atom. The number of oxazole rings is 1. The van der Waals surface area contributed by atoms with Crippen molar-refractivity contribution in [2.24, 2.45) is 5.16 Å². The molecule has 0 unspecified atom stereocenters. The molecule has 3 aromatic rings. The average molecular weight is 412 g/mol. The molecule has 0 saturated carbocycles. The van der Waals surface area contributed by atoms with Gasteiger partial charge in [0.25, 0.3) is 0 Å². The summed E-state index contributed by atoms with van der Waals surface area (Å²) < 4.78 is 22.4. The number of esters is 1. The number of hydrogen-bond acceptors (Lipinski definition) is 8. The molecule has 2 aromatic carbocycles. The quantitative estimate of drug-likeness (QED) is 0.243. The third-order valence-corrected chi connectivity index (χ3v) is 4.54. The molecule has 1 aliphatic heterocycles. The Bertz CT molecular complexity index is 1150. The van der Waals surface area contributed by atoms with E-state index in [-0.39, 0.29) is 20.0 Å². The molecule has 0 saturated heterocycles. The number of carbonyl (C=O) groups is 1. The number of para-hydroxylation sites is 2. The van der Waals surface area contributed by atoms with Crippen LogP contribution in [0.3, 0.4) is 0 Å². The van der Waals surface area contributed by atoms with Crippen LogP contribution in [0, 0.1) is 0 Å². The van der Waals surface area contributed by atoms with Gasteiger partial charge in [-0.1, -0.05) is 17.3 Å². The maximum absolute atomic E-state index is 11.9. The number of aryl methyl sites for hydroxylation is 1. The number of aromatic nitrogens is 1. The number of hydrogen-bond donors (Lipinski definition) is 0. The minimum Gasteiger partial charge on any atom is -0.463 e. The van der Waals surface area contributed by atoms with Crippen molar-refractivity contribution in [2.45, 2.75) is 19.9 Å². The Labute approximate surface area is 171 Å². The van der Waals surface area contributed by atoms with Gasteiger partial charge in [0, 0.05) is 12.1 Å². The van der Waals surface area contributed by atoms with Crippen LogP contribution in [0.4, 0.5) is 0 Å². The third-order valence-electron chi connectivity index (χ3n) is 4.54. The van der Waals surface area contributed by atoms with E-state index in [1.54, 1.807) is 37.3 Å². The summed E-state index contributed by atoms with van der Waals surface area (Å²) in [5.41, 5.74) is 2.63. The molecule has 0 N–H and O–H groups in total. The number of benzene rings is 2. The fourth-order valence-corrected chi connectivity index (χ4v) is 3.03. The van der Waals surface area contributed by atoms with Gasteiger partial charge in [0.15, 0.2) is 17.1 Å². The van der Waals surface area contributed by atoms with E-state index in [9.17, 15) is 9.59 Å². The lowest BCUT2D eigenvalue weighted by Crippen LogP contribution is -2.17. The van der Waals surface area contributed by atoms with Gasteiger partial charge < -0.3 is 23.5 Å². The van der Waals surface area contributed by atoms with Crippen molar-refractivity contribution in [1.82, 2.24) is 4.57 Å². The Hall–Kier alpha value is -3.75. The zero-order chi connectivity index (χ0) is 20.9. The first kappa shape index (κ1) is 19.6. The summed E-state index contributed by atoms with van der Waals surface area (Å²) in [4.78, 5) is 28.8. The topological polar surface area (TPSA) is 101 Å². The summed E-state index contributed by atoms with van der Waals surface area (Å²) in [7, 11) is 0. The molecule has 9 heteroatoms. The predicted octanol–water partition coefficient (Wildman–Crippen LogP) is 2.70. The van der Waals surface area contributed by atoms with Crippen LogP contribution in [0.5, 0.6) is 11.5 Å². The van der Waals surface area contributed by atoms with Crippen molar-refractivity contribution < 1.29 is 28.3 Å². The molecule has 1 aromatic heterocycles. The molecular weight excluding hydrogens is 392 g/mol. The second kappa shape index (κ2) is 8.73. The van der Waals surface area contributed by atoms with Gasteiger partial charge in [0.05, 0.1) is 17.8 Å². The summed E-state index contributed by atoms with van der Waals surface area (Å²) in [6, 6.07) is 12.6. The normalized spacial score (nSPS) is 12.9. The molecule has 0 atom stereocenters. The van der Waals surface area contributed by atoms with Crippen LogP contribution in [0.1, 0.15) is 18.9 Å². The molecular formula is C21H20N2O7. The van der Waals surface area contributed by atoms with Crippen molar-refractivity contribution in [3.05, 3.63) is 58.6 Å². The number of nitrogens with zero attached hydrogens (tertiary/aromatic N) is 2. The Morgan fingerprint density at radius 3 is 2.90 bits per heavy atom. The Morgan fingerprint density at radius 2 is 2.00 bits per heavy atom. The van der Waals surface area contributed by atoms with Crippen LogP contribution in [0.2, 0.25) is 0 Å². The molecule has 2 heterocycles. The van der Waals surface area contributed by atoms with Crippen LogP contribution in [0.25, 0.3) is 11.1 Å². The van der Waals surface area contributed by atoms with Crippen LogP contribution in [0.15, 0.2) is 56.8 Å². The Balaban J connectivity index is 1.21. The maximum atomic E-state index is 11.9. The van der Waals surface area contributed by atoms with Gasteiger partial charge in [-0.25, -0.2) is 9.59 Å². The fourth-order valence-electron chi connectivity index (χ4n) is 3.03. The molecule has 9 nitrogen and oxygen atoms in total. The predicted molar refractivity (Wildman–Crippen MR) is 107 cm³/mol. The average Bonchev–Trinajstić information content (AvgIpc) is 3.34. The van der Waals surface area contributed by atoms with Gasteiger partial charge in [-0.05, 0) is 43.7 Å². The van der Waals surface area contributed by atoms with Crippen LogP contribution in [-0.2, 0) is 20.9 Å². The molecule has 4 rings (SSSR count). The summed E-state index contributed by atoms with van der Waals surface area (Å²) >= 11 is 0. The van der Waals surface area contributed by atoms with E-state index in [1.165, 1.54) is 4.57 Å². The number of oxime groups is 1. The summed E-state index contributed by atoms with van der Waals surface area (Å²) in [6.07, 6.45) is 0.467. The molecule has 0 amide bonds. The fraction of sp³-hybridized carbons (Fsp3) is 0.286. The molecule has 0 fully saturated rings. The van der Waals surface area contributed by atoms with E-state index in [4.69, 9.17) is 23.5 Å². The highest BCUT2D eigenvalue weighted by atomic mass is 16.7. The Kier molecular flexibility index (Phi) is 5.69. The molecule has 0 aliphatic carbocycles. The summed E-state index contributed by atoms with van der Waals surface area (Å²) in [5.74, 6) is 0.355. The van der Waals surface area contributed by atoms with Crippen LogP contribution < -0.4 is 15.2 Å². The second-order valence-electron chi connectivity index (χ2n) is 6.58. The van der Waals surface area contributed by atoms with Gasteiger partial charge in [0.1, 0.15) is 0 Å². The molecule has 156 valence electrons. The smallest absolute Gasteiger partial charge is 0.419 e. The van der Waals surface area contributed by atoms with Gasteiger partial charge in [0.2, 0.25) is 13.4 Å². The van der Waals surface area contributed by atoms with E-state index in [0.29, 0.717) is 41.3 Å². The summed E-state index contributed by atoms with van der Waals surface area (Å²) in [6.45, 7) is 2.18. The molecule has 1 aliphatic rings. The monoisotopic (exact) mass is 412 g/mol. The van der Waals surface area contributed by atoms with Gasteiger partial charge in [-0.3, -0.25) is 4.57 Å². The van der Waals surface area contributed by atoms with Crippen molar-refractivity contribution in [3.63, 3.8) is 0 Å². The molecule has 0 radical (unpaired) electrons. The third kappa shape index (κ3) is 4.29. The lowest BCUT2D eigenvalue weighted by Gasteiger charge is -2.06. The number of rotatable bonds is 8. The van der Waals surface area contributed by atoms with Crippen molar-refractivity contribution in [2.75, 3.05) is 20.0 Å². The highest BCUT2D eigenvalue weighted by Crippen LogP contribution is 2.32. The van der Waals surface area contributed by atoms with Crippen LogP contribution in [-0.4, -0.2) is 36.3 Å². The first-order valence-electron chi connectivity index (χ1n) is 9.42. The first-order valence-corrected chi connectivity index (χ1v) is 9.42.